The average molecular weight is 432 g/mol. The molecule has 0 saturated heterocycles. The van der Waals surface area contributed by atoms with Crippen LogP contribution in [0.3, 0.4) is 0 Å². The number of nitrogens with two attached hydrogens (primary N) is 1. The lowest BCUT2D eigenvalue weighted by Crippen LogP contribution is -2.37. The van der Waals surface area contributed by atoms with Gasteiger partial charge in [-0.3, -0.25) is 13.9 Å². The molecule has 0 spiro atoms. The Morgan fingerprint density at radius 2 is 1.86 bits per heavy atom. The Morgan fingerprint density at radius 3 is 2.66 bits per heavy atom. The van der Waals surface area contributed by atoms with Crippen LogP contribution < -0.4 is 17.0 Å². The molecule has 29 heavy (non-hydrogen) atoms. The van der Waals surface area contributed by atoms with E-state index in [0.29, 0.717) is 11.6 Å². The summed E-state index contributed by atoms with van der Waals surface area (Å²) >= 11 is 7.97. The van der Waals surface area contributed by atoms with Crippen molar-refractivity contribution in [2.24, 2.45) is 14.1 Å². The Labute approximate surface area is 173 Å². The monoisotopic (exact) mass is 431 g/mol. The second-order valence-electron chi connectivity index (χ2n) is 7.26. The molecule has 0 aromatic carbocycles. The van der Waals surface area contributed by atoms with Gasteiger partial charge in [0.15, 0.2) is 17.0 Å². The molecule has 0 atom stereocenters. The predicted molar refractivity (Wildman–Crippen MR) is 113 cm³/mol. The average Bonchev–Trinajstić information content (AvgIpc) is 3.23. The quantitative estimate of drug-likeness (QED) is 0.482. The molecule has 1 aliphatic carbocycles. The highest BCUT2D eigenvalue weighted by molar-refractivity contribution is 7.19. The fraction of sp³-hybridized carbons (Fsp3) is 0.389. The predicted octanol–water partition coefficient (Wildman–Crippen LogP) is 1.60. The molecule has 0 saturated carbocycles. The molecule has 0 aliphatic heterocycles. The summed E-state index contributed by atoms with van der Waals surface area (Å²) in [5, 5.41) is 1.04. The van der Waals surface area contributed by atoms with Gasteiger partial charge in [0.1, 0.15) is 10.6 Å². The van der Waals surface area contributed by atoms with Crippen molar-refractivity contribution in [2.45, 2.75) is 32.2 Å². The molecule has 0 radical (unpaired) electrons. The van der Waals surface area contributed by atoms with E-state index in [4.69, 9.17) is 22.3 Å². The molecule has 1 aliphatic rings. The van der Waals surface area contributed by atoms with Gasteiger partial charge in [0.05, 0.1) is 11.9 Å². The van der Waals surface area contributed by atoms with Crippen LogP contribution in [-0.4, -0.2) is 28.7 Å². The molecule has 0 unspecified atom stereocenters. The van der Waals surface area contributed by atoms with Crippen LogP contribution in [0.5, 0.6) is 0 Å². The van der Waals surface area contributed by atoms with Gasteiger partial charge >= 0.3 is 5.69 Å². The van der Waals surface area contributed by atoms with Gasteiger partial charge in [-0.05, 0) is 42.8 Å². The first kappa shape index (κ1) is 18.3. The summed E-state index contributed by atoms with van der Waals surface area (Å²) in [6, 6.07) is 0. The maximum atomic E-state index is 12.7. The van der Waals surface area contributed by atoms with E-state index in [1.54, 1.807) is 18.4 Å². The van der Waals surface area contributed by atoms with Crippen LogP contribution in [0.2, 0.25) is 5.28 Å². The van der Waals surface area contributed by atoms with Crippen LogP contribution in [0.1, 0.15) is 29.1 Å². The SMILES string of the molecule is Cn1c(=O)c2c(nc(Cl)n2Cc2nc(N)c3c4c(sc3n2)CCCC4)n(C)c1=O. The molecular formula is C18H18ClN7O2S. The first-order chi connectivity index (χ1) is 13.9. The van der Waals surface area contributed by atoms with Gasteiger partial charge in [0.25, 0.3) is 5.56 Å². The minimum atomic E-state index is -0.469. The number of imidazole rings is 1. The maximum Gasteiger partial charge on any atom is 0.332 e. The molecule has 11 heteroatoms. The topological polar surface area (TPSA) is 114 Å². The number of nitrogens with zero attached hydrogens (tertiary/aromatic N) is 6. The number of fused-ring (bicyclic) bond motifs is 4. The summed E-state index contributed by atoms with van der Waals surface area (Å²) in [5.74, 6) is 0.899. The highest BCUT2D eigenvalue weighted by Crippen LogP contribution is 2.37. The summed E-state index contributed by atoms with van der Waals surface area (Å²) in [6.45, 7) is 0.130. The molecule has 4 aromatic heterocycles. The van der Waals surface area contributed by atoms with E-state index in [2.05, 4.69) is 9.97 Å². The standard InChI is InChI=1S/C18H18ClN7O2S/c1-24-14-12(16(27)25(2)18(24)28)26(17(19)23-14)7-10-21-13(20)11-8-5-3-4-6-9(8)29-15(11)22-10/h3-7H2,1-2H3,(H2,20,21,22). The largest absolute Gasteiger partial charge is 0.383 e. The molecule has 0 amide bonds. The van der Waals surface area contributed by atoms with E-state index in [-0.39, 0.29) is 23.0 Å². The first-order valence-corrected chi connectivity index (χ1v) is 10.4. The molecule has 150 valence electrons. The summed E-state index contributed by atoms with van der Waals surface area (Å²) in [6.07, 6.45) is 4.38. The highest BCUT2D eigenvalue weighted by atomic mass is 35.5. The van der Waals surface area contributed by atoms with Gasteiger partial charge in [0, 0.05) is 19.0 Å². The van der Waals surface area contributed by atoms with Crippen LogP contribution in [0.25, 0.3) is 21.4 Å². The van der Waals surface area contributed by atoms with E-state index in [1.807, 2.05) is 0 Å². The lowest BCUT2D eigenvalue weighted by atomic mass is 9.97. The number of hydrogen-bond acceptors (Lipinski definition) is 7. The number of hydrogen-bond donors (Lipinski definition) is 1. The normalized spacial score (nSPS) is 14.0. The van der Waals surface area contributed by atoms with Crippen LogP contribution in [0.4, 0.5) is 5.82 Å². The molecule has 5 rings (SSSR count). The van der Waals surface area contributed by atoms with Crippen LogP contribution in [0, 0.1) is 0 Å². The number of rotatable bonds is 2. The van der Waals surface area contributed by atoms with E-state index in [9.17, 15) is 9.59 Å². The zero-order valence-corrected chi connectivity index (χ0v) is 17.5. The van der Waals surface area contributed by atoms with Crippen molar-refractivity contribution < 1.29 is 0 Å². The number of aromatic nitrogens is 6. The smallest absolute Gasteiger partial charge is 0.332 e. The molecule has 9 nitrogen and oxygen atoms in total. The van der Waals surface area contributed by atoms with Gasteiger partial charge < -0.3 is 10.3 Å². The van der Waals surface area contributed by atoms with Crippen molar-refractivity contribution in [3.63, 3.8) is 0 Å². The Bertz CT molecular complexity index is 1430. The number of aryl methyl sites for hydroxylation is 3. The molecule has 2 N–H and O–H groups in total. The molecule has 4 aromatic rings. The van der Waals surface area contributed by atoms with Gasteiger partial charge in [0.2, 0.25) is 5.28 Å². The minimum absolute atomic E-state index is 0.0889. The van der Waals surface area contributed by atoms with Crippen molar-refractivity contribution in [3.05, 3.63) is 42.4 Å². The van der Waals surface area contributed by atoms with Crippen LogP contribution in [-0.2, 0) is 33.5 Å². The number of anilines is 1. The lowest BCUT2D eigenvalue weighted by molar-refractivity contribution is 0.698. The maximum absolute atomic E-state index is 12.7. The number of nitrogen functional groups attached to an aromatic ring is 1. The molecular weight excluding hydrogens is 414 g/mol. The van der Waals surface area contributed by atoms with Gasteiger partial charge in [-0.2, -0.15) is 4.98 Å². The zero-order valence-electron chi connectivity index (χ0n) is 15.9. The second kappa shape index (κ2) is 6.39. The van der Waals surface area contributed by atoms with Crippen molar-refractivity contribution in [1.82, 2.24) is 28.7 Å². The third kappa shape index (κ3) is 2.62. The van der Waals surface area contributed by atoms with Crippen LogP contribution in [0.15, 0.2) is 9.59 Å². The number of thiophene rings is 1. The second-order valence-corrected chi connectivity index (χ2v) is 8.68. The van der Waals surface area contributed by atoms with E-state index < -0.39 is 11.2 Å². The van der Waals surface area contributed by atoms with Gasteiger partial charge in [-0.25, -0.2) is 14.8 Å². The molecule has 4 heterocycles. The Hall–Kier alpha value is -2.72. The summed E-state index contributed by atoms with van der Waals surface area (Å²) < 4.78 is 3.85. The van der Waals surface area contributed by atoms with E-state index >= 15 is 0 Å². The van der Waals surface area contributed by atoms with Crippen molar-refractivity contribution in [3.8, 4) is 0 Å². The Kier molecular flexibility index (Phi) is 4.04. The fourth-order valence-corrected chi connectivity index (χ4v) is 5.52. The minimum Gasteiger partial charge on any atom is -0.383 e. The summed E-state index contributed by atoms with van der Waals surface area (Å²) in [5.41, 5.74) is 7.09. The van der Waals surface area contributed by atoms with Crippen molar-refractivity contribution in [1.29, 1.82) is 0 Å². The third-order valence-electron chi connectivity index (χ3n) is 5.49. The van der Waals surface area contributed by atoms with Gasteiger partial charge in [-0.1, -0.05) is 0 Å². The van der Waals surface area contributed by atoms with E-state index in [1.165, 1.54) is 33.0 Å². The Morgan fingerprint density at radius 1 is 1.10 bits per heavy atom. The van der Waals surface area contributed by atoms with Gasteiger partial charge in [-0.15, -0.1) is 11.3 Å². The third-order valence-corrected chi connectivity index (χ3v) is 6.96. The first-order valence-electron chi connectivity index (χ1n) is 9.25. The molecule has 0 bridgehead atoms. The van der Waals surface area contributed by atoms with Crippen molar-refractivity contribution >= 4 is 50.1 Å². The fourth-order valence-electron chi connectivity index (χ4n) is 4.01. The lowest BCUT2D eigenvalue weighted by Gasteiger charge is -2.11. The summed E-state index contributed by atoms with van der Waals surface area (Å²) in [4.78, 5) is 40.4. The van der Waals surface area contributed by atoms with Crippen LogP contribution >= 0.6 is 22.9 Å². The number of halogens is 1. The highest BCUT2D eigenvalue weighted by Gasteiger charge is 2.22. The summed E-state index contributed by atoms with van der Waals surface area (Å²) in [7, 11) is 2.97. The van der Waals surface area contributed by atoms with E-state index in [0.717, 1.165) is 34.0 Å². The van der Waals surface area contributed by atoms with Crippen molar-refractivity contribution in [2.75, 3.05) is 5.73 Å². The molecule has 0 fully saturated rings. The Balaban J connectivity index is 1.69. The zero-order chi connectivity index (χ0) is 20.4.